The summed E-state index contributed by atoms with van der Waals surface area (Å²) in [6, 6.07) is 7.94. The number of aliphatic hydroxyl groups excluding tert-OH is 1. The number of nitrogens with zero attached hydrogens (tertiary/aromatic N) is 1. The third-order valence-corrected chi connectivity index (χ3v) is 4.62. The van der Waals surface area contributed by atoms with Gasteiger partial charge >= 0.3 is 0 Å². The first-order valence-electron chi connectivity index (χ1n) is 5.97. The van der Waals surface area contributed by atoms with Gasteiger partial charge in [-0.1, -0.05) is 11.6 Å². The number of halogens is 1. The molecule has 0 bridgehead atoms. The molecule has 0 fully saturated rings. The summed E-state index contributed by atoms with van der Waals surface area (Å²) >= 11 is 7.81. The van der Waals surface area contributed by atoms with Crippen molar-refractivity contribution in [2.24, 2.45) is 0 Å². The van der Waals surface area contributed by atoms with E-state index in [4.69, 9.17) is 11.6 Å². The third-order valence-electron chi connectivity index (χ3n) is 3.36. The van der Waals surface area contributed by atoms with Crippen molar-refractivity contribution in [1.29, 1.82) is 0 Å². The fourth-order valence-corrected chi connectivity index (χ4v) is 3.53. The van der Waals surface area contributed by atoms with Gasteiger partial charge in [-0.25, -0.2) is 0 Å². The lowest BCUT2D eigenvalue weighted by Gasteiger charge is -2.30. The van der Waals surface area contributed by atoms with Crippen LogP contribution in [0.15, 0.2) is 29.6 Å². The second-order valence-corrected chi connectivity index (χ2v) is 5.91. The van der Waals surface area contributed by atoms with Crippen LogP contribution < -0.4 is 4.90 Å². The van der Waals surface area contributed by atoms with Crippen molar-refractivity contribution >= 4 is 28.6 Å². The molecule has 1 N–H and O–H groups in total. The van der Waals surface area contributed by atoms with E-state index in [1.807, 2.05) is 29.5 Å². The molecule has 0 amide bonds. The summed E-state index contributed by atoms with van der Waals surface area (Å²) in [5.74, 6) is 0. The lowest BCUT2D eigenvalue weighted by molar-refractivity contribution is 0.282. The highest BCUT2D eigenvalue weighted by Gasteiger charge is 2.19. The van der Waals surface area contributed by atoms with Gasteiger partial charge in [-0.3, -0.25) is 0 Å². The molecule has 0 aliphatic carbocycles. The Morgan fingerprint density at radius 3 is 3.06 bits per heavy atom. The molecule has 0 saturated carbocycles. The maximum atomic E-state index is 9.45. The van der Waals surface area contributed by atoms with Gasteiger partial charge < -0.3 is 10.0 Å². The van der Waals surface area contributed by atoms with Crippen molar-refractivity contribution < 1.29 is 5.11 Å². The number of hydrogen-bond donors (Lipinski definition) is 1. The molecule has 1 aliphatic heterocycles. The number of aliphatic hydroxyl groups is 1. The largest absolute Gasteiger partial charge is 0.392 e. The molecule has 0 radical (unpaired) electrons. The molecule has 4 heteroatoms. The molecule has 3 rings (SSSR count). The highest BCUT2D eigenvalue weighted by atomic mass is 35.5. The lowest BCUT2D eigenvalue weighted by Crippen LogP contribution is -2.30. The molecule has 18 heavy (non-hydrogen) atoms. The van der Waals surface area contributed by atoms with Gasteiger partial charge in [0.2, 0.25) is 0 Å². The van der Waals surface area contributed by atoms with Crippen LogP contribution in [0.25, 0.3) is 0 Å². The lowest BCUT2D eigenvalue weighted by atomic mass is 10.1. The zero-order valence-corrected chi connectivity index (χ0v) is 11.5. The Bertz CT molecular complexity index is 567. The topological polar surface area (TPSA) is 23.5 Å². The monoisotopic (exact) mass is 279 g/mol. The van der Waals surface area contributed by atoms with E-state index in [9.17, 15) is 5.11 Å². The standard InChI is InChI=1S/C14H14ClNOS/c15-12-1-2-13(11(7-12)9-17)16-5-3-14-10(8-16)4-6-18-14/h1-2,4,6-7,17H,3,5,8-9H2. The minimum absolute atomic E-state index is 0.0306. The molecule has 2 heterocycles. The van der Waals surface area contributed by atoms with Crippen molar-refractivity contribution in [2.45, 2.75) is 19.6 Å². The van der Waals surface area contributed by atoms with Crippen LogP contribution in [0, 0.1) is 0 Å². The molecule has 1 aromatic heterocycles. The second kappa shape index (κ2) is 4.92. The summed E-state index contributed by atoms with van der Waals surface area (Å²) in [7, 11) is 0. The summed E-state index contributed by atoms with van der Waals surface area (Å²) in [6.07, 6.45) is 1.08. The van der Waals surface area contributed by atoms with Gasteiger partial charge in [-0.2, -0.15) is 0 Å². The number of thiophene rings is 1. The molecule has 1 aromatic carbocycles. The van der Waals surface area contributed by atoms with Crippen LogP contribution in [-0.4, -0.2) is 11.7 Å². The Kier molecular flexibility index (Phi) is 3.29. The zero-order valence-electron chi connectivity index (χ0n) is 9.90. The molecule has 0 unspecified atom stereocenters. The first-order chi connectivity index (χ1) is 8.78. The number of fused-ring (bicyclic) bond motifs is 1. The first kappa shape index (κ1) is 12.0. The fraction of sp³-hybridized carbons (Fsp3) is 0.286. The summed E-state index contributed by atoms with van der Waals surface area (Å²) in [5.41, 5.74) is 3.41. The van der Waals surface area contributed by atoms with Crippen LogP contribution in [0.3, 0.4) is 0 Å². The van der Waals surface area contributed by atoms with E-state index in [0.717, 1.165) is 30.8 Å². The maximum Gasteiger partial charge on any atom is 0.0702 e. The number of anilines is 1. The van der Waals surface area contributed by atoms with Gasteiger partial charge in [0.15, 0.2) is 0 Å². The van der Waals surface area contributed by atoms with Gasteiger partial charge in [-0.05, 0) is 41.6 Å². The number of rotatable bonds is 2. The SMILES string of the molecule is OCc1cc(Cl)ccc1N1CCc2sccc2C1. The molecule has 94 valence electrons. The predicted molar refractivity (Wildman–Crippen MR) is 76.4 cm³/mol. The summed E-state index contributed by atoms with van der Waals surface area (Å²) in [4.78, 5) is 3.81. The Balaban J connectivity index is 1.93. The average molecular weight is 280 g/mol. The summed E-state index contributed by atoms with van der Waals surface area (Å²) in [6.45, 7) is 1.96. The molecular formula is C14H14ClNOS. The van der Waals surface area contributed by atoms with E-state index in [0.29, 0.717) is 5.02 Å². The Labute approximate surface area is 115 Å². The number of hydrogen-bond acceptors (Lipinski definition) is 3. The molecule has 2 aromatic rings. The second-order valence-electron chi connectivity index (χ2n) is 4.47. The quantitative estimate of drug-likeness (QED) is 0.910. The van der Waals surface area contributed by atoms with Crippen molar-refractivity contribution in [3.05, 3.63) is 50.7 Å². The van der Waals surface area contributed by atoms with Gasteiger partial charge in [0.05, 0.1) is 6.61 Å². The highest BCUT2D eigenvalue weighted by Crippen LogP contribution is 2.31. The first-order valence-corrected chi connectivity index (χ1v) is 7.23. The normalized spacial score (nSPS) is 14.7. The van der Waals surface area contributed by atoms with Crippen LogP contribution in [0.4, 0.5) is 5.69 Å². The van der Waals surface area contributed by atoms with Crippen LogP contribution in [-0.2, 0) is 19.6 Å². The predicted octanol–water partition coefficient (Wildman–Crippen LogP) is 3.46. The summed E-state index contributed by atoms with van der Waals surface area (Å²) < 4.78 is 0. The van der Waals surface area contributed by atoms with Crippen LogP contribution in [0.1, 0.15) is 16.0 Å². The molecule has 1 aliphatic rings. The zero-order chi connectivity index (χ0) is 12.5. The molecule has 0 saturated heterocycles. The molecular weight excluding hydrogens is 266 g/mol. The van der Waals surface area contributed by atoms with Crippen LogP contribution >= 0.6 is 22.9 Å². The maximum absolute atomic E-state index is 9.45. The minimum Gasteiger partial charge on any atom is -0.392 e. The van der Waals surface area contributed by atoms with E-state index in [1.54, 1.807) is 0 Å². The fourth-order valence-electron chi connectivity index (χ4n) is 2.44. The smallest absolute Gasteiger partial charge is 0.0702 e. The van der Waals surface area contributed by atoms with Crippen molar-refractivity contribution in [3.8, 4) is 0 Å². The van der Waals surface area contributed by atoms with E-state index in [2.05, 4.69) is 16.3 Å². The third kappa shape index (κ3) is 2.14. The van der Waals surface area contributed by atoms with Crippen molar-refractivity contribution in [2.75, 3.05) is 11.4 Å². The van der Waals surface area contributed by atoms with Gasteiger partial charge in [0.25, 0.3) is 0 Å². The molecule has 2 nitrogen and oxygen atoms in total. The van der Waals surface area contributed by atoms with E-state index >= 15 is 0 Å². The summed E-state index contributed by atoms with van der Waals surface area (Å²) in [5, 5.41) is 12.3. The minimum atomic E-state index is 0.0306. The van der Waals surface area contributed by atoms with Crippen molar-refractivity contribution in [1.82, 2.24) is 0 Å². The van der Waals surface area contributed by atoms with Gasteiger partial charge in [-0.15, -0.1) is 11.3 Å². The van der Waals surface area contributed by atoms with E-state index in [1.165, 1.54) is 10.4 Å². The Morgan fingerprint density at radius 1 is 1.33 bits per heavy atom. The Hall–Kier alpha value is -1.03. The molecule has 0 atom stereocenters. The molecule has 0 spiro atoms. The van der Waals surface area contributed by atoms with Crippen LogP contribution in [0.2, 0.25) is 5.02 Å². The highest BCUT2D eigenvalue weighted by molar-refractivity contribution is 7.10. The van der Waals surface area contributed by atoms with Gasteiger partial charge in [0.1, 0.15) is 0 Å². The van der Waals surface area contributed by atoms with Crippen molar-refractivity contribution in [3.63, 3.8) is 0 Å². The Morgan fingerprint density at radius 2 is 2.22 bits per heavy atom. The van der Waals surface area contributed by atoms with E-state index in [-0.39, 0.29) is 6.61 Å². The number of benzene rings is 1. The van der Waals surface area contributed by atoms with Gasteiger partial charge in [0, 0.05) is 34.2 Å². The average Bonchev–Trinajstić information content (AvgIpc) is 2.85. The van der Waals surface area contributed by atoms with E-state index < -0.39 is 0 Å². The van der Waals surface area contributed by atoms with Crippen LogP contribution in [0.5, 0.6) is 0 Å².